The molecule has 314 valence electrons. The summed E-state index contributed by atoms with van der Waals surface area (Å²) in [6, 6.07) is 15.0. The Morgan fingerprint density at radius 2 is 1.62 bits per heavy atom. The zero-order valence-electron chi connectivity index (χ0n) is 33.8. The molecule has 5 heterocycles. The maximum atomic E-state index is 13.5. The first-order valence-electron chi connectivity index (χ1n) is 21.0. The van der Waals surface area contributed by atoms with E-state index < -0.39 is 29.7 Å². The lowest BCUT2D eigenvalue weighted by Crippen LogP contribution is -2.54. The molecule has 1 unspecified atom stereocenters. The van der Waals surface area contributed by atoms with Crippen LogP contribution in [0.2, 0.25) is 0 Å². The molecule has 3 N–H and O–H groups in total. The van der Waals surface area contributed by atoms with Crippen LogP contribution in [0.4, 0.5) is 11.4 Å². The standard InChI is InChI=1S/C45H52N8O7/c54-38(17-11-32-7-4-21-46-30-32)47-22-2-1-6-31-19-24-52(25-20-31)43(58)33-12-14-34(15-13-33)48-39(55)10-5-23-50-26-28-51(29-27-50)36-9-3-8-35-41(36)45(60)53(44(35)59)37-16-18-40(56)49-42(37)57/h3-4,7-9,11-15,17,21,30-31,37H,1-2,5-6,10,16,18-20,22-29H2,(H,47,54)(H,48,55)(H,49,56,57)/b17-11+. The highest BCUT2D eigenvalue weighted by Crippen LogP contribution is 2.35. The van der Waals surface area contributed by atoms with Crippen molar-refractivity contribution in [1.82, 2.24) is 30.3 Å². The minimum absolute atomic E-state index is 0.000545. The Labute approximate surface area is 349 Å². The lowest BCUT2D eigenvalue weighted by atomic mass is 9.91. The van der Waals surface area contributed by atoms with Crippen molar-refractivity contribution in [3.8, 4) is 0 Å². The van der Waals surface area contributed by atoms with E-state index in [4.69, 9.17) is 0 Å². The Balaban J connectivity index is 0.770. The van der Waals surface area contributed by atoms with Crippen LogP contribution in [-0.2, 0) is 19.2 Å². The molecule has 1 atom stereocenters. The van der Waals surface area contributed by atoms with E-state index >= 15 is 0 Å². The van der Waals surface area contributed by atoms with Gasteiger partial charge in [-0.1, -0.05) is 25.0 Å². The highest BCUT2D eigenvalue weighted by Gasteiger charge is 2.46. The van der Waals surface area contributed by atoms with Gasteiger partial charge in [-0.15, -0.1) is 0 Å². The normalized spacial score (nSPS) is 18.8. The lowest BCUT2D eigenvalue weighted by molar-refractivity contribution is -0.136. The third-order valence-corrected chi connectivity index (χ3v) is 11.8. The smallest absolute Gasteiger partial charge is 0.264 e. The first-order chi connectivity index (χ1) is 29.1. The number of anilines is 2. The number of amides is 7. The number of carbonyl (C=O) groups excluding carboxylic acids is 7. The summed E-state index contributed by atoms with van der Waals surface area (Å²) < 4.78 is 0. The van der Waals surface area contributed by atoms with Crippen LogP contribution < -0.4 is 20.9 Å². The summed E-state index contributed by atoms with van der Waals surface area (Å²) in [4.78, 5) is 100. The maximum absolute atomic E-state index is 13.5. The monoisotopic (exact) mass is 816 g/mol. The Kier molecular flexibility index (Phi) is 13.8. The van der Waals surface area contributed by atoms with E-state index in [1.165, 1.54) is 6.08 Å². The Morgan fingerprint density at radius 3 is 2.35 bits per heavy atom. The highest BCUT2D eigenvalue weighted by molar-refractivity contribution is 6.25. The van der Waals surface area contributed by atoms with Crippen LogP contribution in [0, 0.1) is 5.92 Å². The molecule has 0 aliphatic carbocycles. The number of aromatic nitrogens is 1. The third-order valence-electron chi connectivity index (χ3n) is 11.8. The van der Waals surface area contributed by atoms with Crippen molar-refractivity contribution < 1.29 is 33.6 Å². The third kappa shape index (κ3) is 10.3. The molecular weight excluding hydrogens is 765 g/mol. The second-order valence-electron chi connectivity index (χ2n) is 15.8. The van der Waals surface area contributed by atoms with Crippen molar-refractivity contribution in [3.63, 3.8) is 0 Å². The number of fused-ring (bicyclic) bond motifs is 1. The average molecular weight is 817 g/mol. The molecule has 3 fully saturated rings. The molecule has 3 saturated heterocycles. The van der Waals surface area contributed by atoms with E-state index in [2.05, 4.69) is 30.7 Å². The number of rotatable bonds is 15. The van der Waals surface area contributed by atoms with E-state index in [-0.39, 0.29) is 36.1 Å². The van der Waals surface area contributed by atoms with Crippen molar-refractivity contribution >= 4 is 58.8 Å². The molecule has 7 rings (SSSR count). The summed E-state index contributed by atoms with van der Waals surface area (Å²) in [5.41, 5.74) is 3.35. The first-order valence-corrected chi connectivity index (χ1v) is 21.0. The van der Waals surface area contributed by atoms with E-state index in [9.17, 15) is 33.6 Å². The zero-order valence-corrected chi connectivity index (χ0v) is 33.8. The predicted octanol–water partition coefficient (Wildman–Crippen LogP) is 3.88. The van der Waals surface area contributed by atoms with Gasteiger partial charge in [0, 0.05) is 88.4 Å². The van der Waals surface area contributed by atoms with Gasteiger partial charge in [0.2, 0.25) is 23.6 Å². The zero-order chi connectivity index (χ0) is 42.0. The summed E-state index contributed by atoms with van der Waals surface area (Å²) >= 11 is 0. The van der Waals surface area contributed by atoms with Crippen LogP contribution >= 0.6 is 0 Å². The molecule has 1 aromatic heterocycles. The van der Waals surface area contributed by atoms with Crippen LogP contribution in [-0.4, -0.2) is 119 Å². The maximum Gasteiger partial charge on any atom is 0.264 e. The summed E-state index contributed by atoms with van der Waals surface area (Å²) in [5, 5.41) is 8.12. The lowest BCUT2D eigenvalue weighted by Gasteiger charge is -2.36. The van der Waals surface area contributed by atoms with Crippen molar-refractivity contribution in [2.75, 3.05) is 62.6 Å². The van der Waals surface area contributed by atoms with E-state index in [1.807, 2.05) is 23.1 Å². The van der Waals surface area contributed by atoms with Crippen LogP contribution in [0.1, 0.15) is 94.4 Å². The molecule has 15 nitrogen and oxygen atoms in total. The van der Waals surface area contributed by atoms with Gasteiger partial charge in [0.05, 0.1) is 16.8 Å². The molecule has 4 aliphatic rings. The quantitative estimate of drug-likeness (QED) is 0.116. The molecule has 0 spiro atoms. The molecule has 15 heteroatoms. The van der Waals surface area contributed by atoms with Crippen LogP contribution in [0.5, 0.6) is 0 Å². The second-order valence-corrected chi connectivity index (χ2v) is 15.8. The van der Waals surface area contributed by atoms with Gasteiger partial charge < -0.3 is 20.4 Å². The molecule has 0 radical (unpaired) electrons. The number of piperidine rings is 2. The van der Waals surface area contributed by atoms with E-state index in [1.54, 1.807) is 54.9 Å². The van der Waals surface area contributed by atoms with Crippen LogP contribution in [0.15, 0.2) is 73.1 Å². The topological polar surface area (TPSA) is 181 Å². The van der Waals surface area contributed by atoms with Crippen molar-refractivity contribution in [3.05, 3.63) is 95.3 Å². The fraction of sp³-hybridized carbons (Fsp3) is 0.422. The van der Waals surface area contributed by atoms with Gasteiger partial charge in [0.15, 0.2) is 0 Å². The van der Waals surface area contributed by atoms with Gasteiger partial charge in [-0.3, -0.25) is 53.7 Å². The van der Waals surface area contributed by atoms with Gasteiger partial charge >= 0.3 is 0 Å². The largest absolute Gasteiger partial charge is 0.368 e. The molecule has 7 amide bonds. The van der Waals surface area contributed by atoms with Gasteiger partial charge in [-0.2, -0.15) is 0 Å². The summed E-state index contributed by atoms with van der Waals surface area (Å²) in [5.74, 6) is -1.72. The average Bonchev–Trinajstić information content (AvgIpc) is 3.52. The number of likely N-dealkylation sites (tertiary alicyclic amines) is 1. The van der Waals surface area contributed by atoms with Gasteiger partial charge in [0.1, 0.15) is 6.04 Å². The minimum Gasteiger partial charge on any atom is -0.368 e. The van der Waals surface area contributed by atoms with Crippen molar-refractivity contribution in [2.24, 2.45) is 5.92 Å². The number of piperazine rings is 1. The summed E-state index contributed by atoms with van der Waals surface area (Å²) in [7, 11) is 0. The number of carbonyl (C=O) groups is 7. The molecule has 3 aromatic rings. The SMILES string of the molecule is O=C(/C=C/c1cccnc1)NCCCCC1CCN(C(=O)c2ccc(NC(=O)CCCN3CCN(c4cccc5c4C(=O)N(C4CCC(=O)NC4=O)C5=O)CC3)cc2)CC1. The predicted molar refractivity (Wildman–Crippen MR) is 225 cm³/mol. The first kappa shape index (κ1) is 41.9. The van der Waals surface area contributed by atoms with Crippen molar-refractivity contribution in [2.45, 2.75) is 63.8 Å². The molecule has 2 aromatic carbocycles. The van der Waals surface area contributed by atoms with Gasteiger partial charge in [-0.25, -0.2) is 0 Å². The Hall–Kier alpha value is -6.22. The summed E-state index contributed by atoms with van der Waals surface area (Å²) in [6.07, 6.45) is 12.8. The van der Waals surface area contributed by atoms with E-state index in [0.717, 1.165) is 49.1 Å². The van der Waals surface area contributed by atoms with Crippen molar-refractivity contribution in [1.29, 1.82) is 0 Å². The Morgan fingerprint density at radius 1 is 0.833 bits per heavy atom. The Bertz CT molecular complexity index is 2110. The van der Waals surface area contributed by atoms with Gasteiger partial charge in [-0.05, 0) is 98.7 Å². The molecule has 0 saturated carbocycles. The summed E-state index contributed by atoms with van der Waals surface area (Å²) in [6.45, 7) is 5.47. The number of pyridine rings is 1. The van der Waals surface area contributed by atoms with Crippen LogP contribution in [0.25, 0.3) is 6.08 Å². The fourth-order valence-electron chi connectivity index (χ4n) is 8.44. The number of unbranched alkanes of at least 4 members (excludes halogenated alkanes) is 1. The molecule has 60 heavy (non-hydrogen) atoms. The number of hydrogen-bond donors (Lipinski definition) is 3. The number of benzene rings is 2. The van der Waals surface area contributed by atoms with Gasteiger partial charge in [0.25, 0.3) is 17.7 Å². The van der Waals surface area contributed by atoms with E-state index in [0.29, 0.717) is 87.1 Å². The second kappa shape index (κ2) is 19.7. The number of nitrogens with zero attached hydrogens (tertiary/aromatic N) is 5. The fourth-order valence-corrected chi connectivity index (χ4v) is 8.44. The van der Waals surface area contributed by atoms with Crippen LogP contribution in [0.3, 0.4) is 0 Å². The molecular formula is C45H52N8O7. The number of imide groups is 2. The molecule has 4 aliphatic heterocycles. The minimum atomic E-state index is -1.01. The number of hydrogen-bond acceptors (Lipinski definition) is 10. The molecule has 0 bridgehead atoms. The highest BCUT2D eigenvalue weighted by atomic mass is 16.2. The number of nitrogens with one attached hydrogen (secondary N) is 3.